The zero-order chi connectivity index (χ0) is 14.7. The minimum Gasteiger partial charge on any atom is -0.508 e. The van der Waals surface area contributed by atoms with Crippen LogP contribution in [0.5, 0.6) is 5.75 Å². The topological polar surface area (TPSA) is 45.8 Å². The molecule has 1 N–H and O–H groups in total. The van der Waals surface area contributed by atoms with Gasteiger partial charge in [0, 0.05) is 13.7 Å². The van der Waals surface area contributed by atoms with Crippen LogP contribution < -0.4 is 0 Å². The number of phenols is 1. The molecule has 2 heterocycles. The summed E-state index contributed by atoms with van der Waals surface area (Å²) in [6.07, 6.45) is 2.31. The van der Waals surface area contributed by atoms with Crippen molar-refractivity contribution in [2.45, 2.75) is 32.0 Å². The third kappa shape index (κ3) is 3.28. The Morgan fingerprint density at radius 3 is 2.81 bits per heavy atom. The highest BCUT2D eigenvalue weighted by molar-refractivity contribution is 5.26. The summed E-state index contributed by atoms with van der Waals surface area (Å²) in [4.78, 5) is 2.43. The fraction of sp³-hybridized carbons (Fsp3) is 0.412. The van der Waals surface area contributed by atoms with Crippen molar-refractivity contribution in [1.29, 1.82) is 0 Å². The van der Waals surface area contributed by atoms with E-state index < -0.39 is 0 Å². The summed E-state index contributed by atoms with van der Waals surface area (Å²) in [5, 5.41) is 9.36. The third-order valence-electron chi connectivity index (χ3n) is 3.98. The summed E-state index contributed by atoms with van der Waals surface area (Å²) in [5.74, 6) is 2.22. The van der Waals surface area contributed by atoms with Gasteiger partial charge < -0.3 is 14.3 Å². The van der Waals surface area contributed by atoms with Crippen LogP contribution in [0.3, 0.4) is 0 Å². The van der Waals surface area contributed by atoms with Crippen molar-refractivity contribution in [2.24, 2.45) is 0 Å². The largest absolute Gasteiger partial charge is 0.508 e. The number of benzene rings is 1. The van der Waals surface area contributed by atoms with Crippen molar-refractivity contribution < 1.29 is 14.3 Å². The van der Waals surface area contributed by atoms with Crippen LogP contribution in [-0.4, -0.2) is 23.7 Å². The van der Waals surface area contributed by atoms with Gasteiger partial charge in [-0.2, -0.15) is 0 Å². The number of likely N-dealkylation sites (tertiary alicyclic amines) is 1. The summed E-state index contributed by atoms with van der Waals surface area (Å²) in [5.41, 5.74) is 1.21. The maximum Gasteiger partial charge on any atom is 0.129 e. The lowest BCUT2D eigenvalue weighted by Crippen LogP contribution is -2.22. The molecule has 1 saturated heterocycles. The number of hydrogen-bond acceptors (Lipinski definition) is 4. The lowest BCUT2D eigenvalue weighted by atomic mass is 10.1. The highest BCUT2D eigenvalue weighted by Gasteiger charge is 2.28. The molecule has 0 radical (unpaired) electrons. The molecule has 0 saturated carbocycles. The monoisotopic (exact) mass is 287 g/mol. The highest BCUT2D eigenvalue weighted by atomic mass is 16.5. The molecule has 0 unspecified atom stereocenters. The SMILES string of the molecule is COCc1ccc([C@@H]2CCCN2Cc2ccc(O)cc2)o1. The average Bonchev–Trinajstić information content (AvgIpc) is 3.11. The molecule has 1 aromatic carbocycles. The summed E-state index contributed by atoms with van der Waals surface area (Å²) in [6.45, 7) is 2.47. The Bertz CT molecular complexity index is 576. The summed E-state index contributed by atoms with van der Waals surface area (Å²) in [7, 11) is 1.68. The first kappa shape index (κ1) is 14.2. The quantitative estimate of drug-likeness (QED) is 0.914. The molecule has 112 valence electrons. The molecule has 4 nitrogen and oxygen atoms in total. The molecule has 1 atom stereocenters. The van der Waals surface area contributed by atoms with Crippen molar-refractivity contribution in [1.82, 2.24) is 4.90 Å². The van der Waals surface area contributed by atoms with Crippen LogP contribution in [0.25, 0.3) is 0 Å². The van der Waals surface area contributed by atoms with Crippen LogP contribution in [0, 0.1) is 0 Å². The highest BCUT2D eigenvalue weighted by Crippen LogP contribution is 2.34. The first-order valence-electron chi connectivity index (χ1n) is 7.36. The van der Waals surface area contributed by atoms with E-state index in [0.717, 1.165) is 31.0 Å². The van der Waals surface area contributed by atoms with Crippen molar-refractivity contribution in [2.75, 3.05) is 13.7 Å². The number of methoxy groups -OCH3 is 1. The molecule has 21 heavy (non-hydrogen) atoms. The molecule has 1 aromatic heterocycles. The fourth-order valence-corrected chi connectivity index (χ4v) is 2.97. The van der Waals surface area contributed by atoms with Gasteiger partial charge >= 0.3 is 0 Å². The van der Waals surface area contributed by atoms with Crippen LogP contribution in [-0.2, 0) is 17.9 Å². The zero-order valence-corrected chi connectivity index (χ0v) is 12.3. The molecular formula is C17H21NO3. The Morgan fingerprint density at radius 2 is 2.05 bits per heavy atom. The third-order valence-corrected chi connectivity index (χ3v) is 3.98. The maximum absolute atomic E-state index is 9.36. The van der Waals surface area contributed by atoms with Gasteiger partial charge in [0.25, 0.3) is 0 Å². The lowest BCUT2D eigenvalue weighted by Gasteiger charge is -2.22. The molecular weight excluding hydrogens is 266 g/mol. The second kappa shape index (κ2) is 6.33. The number of phenolic OH excluding ortho intramolecular Hbond substituents is 1. The molecule has 4 heteroatoms. The van der Waals surface area contributed by atoms with E-state index in [-0.39, 0.29) is 0 Å². The van der Waals surface area contributed by atoms with E-state index in [9.17, 15) is 5.11 Å². The number of rotatable bonds is 5. The normalized spacial score (nSPS) is 19.2. The number of furan rings is 1. The van der Waals surface area contributed by atoms with Crippen LogP contribution in [0.15, 0.2) is 40.8 Å². The van der Waals surface area contributed by atoms with Gasteiger partial charge in [-0.05, 0) is 49.2 Å². The summed E-state index contributed by atoms with van der Waals surface area (Å²) < 4.78 is 11.0. The molecule has 0 aliphatic carbocycles. The van der Waals surface area contributed by atoms with Crippen LogP contribution in [0.4, 0.5) is 0 Å². The maximum atomic E-state index is 9.36. The molecule has 0 amide bonds. The molecule has 1 aliphatic heterocycles. The summed E-state index contributed by atoms with van der Waals surface area (Å²) >= 11 is 0. The van der Waals surface area contributed by atoms with E-state index in [2.05, 4.69) is 11.0 Å². The van der Waals surface area contributed by atoms with Gasteiger partial charge in [-0.3, -0.25) is 4.90 Å². The number of aromatic hydroxyl groups is 1. The van der Waals surface area contributed by atoms with E-state index in [1.165, 1.54) is 12.0 Å². The predicted octanol–water partition coefficient (Wildman–Crippen LogP) is 3.47. The number of nitrogens with zero attached hydrogens (tertiary/aromatic N) is 1. The van der Waals surface area contributed by atoms with Crippen molar-refractivity contribution in [3.8, 4) is 5.75 Å². The second-order valence-corrected chi connectivity index (χ2v) is 5.53. The van der Waals surface area contributed by atoms with Gasteiger partial charge in [0.2, 0.25) is 0 Å². The van der Waals surface area contributed by atoms with E-state index in [4.69, 9.17) is 9.15 Å². The first-order chi connectivity index (χ1) is 10.3. The fourth-order valence-electron chi connectivity index (χ4n) is 2.97. The Kier molecular flexibility index (Phi) is 4.27. The van der Waals surface area contributed by atoms with Gasteiger partial charge in [0.15, 0.2) is 0 Å². The van der Waals surface area contributed by atoms with Gasteiger partial charge in [0.05, 0.1) is 6.04 Å². The Hall–Kier alpha value is -1.78. The van der Waals surface area contributed by atoms with Gasteiger partial charge in [-0.1, -0.05) is 12.1 Å². The lowest BCUT2D eigenvalue weighted by molar-refractivity contribution is 0.155. The van der Waals surface area contributed by atoms with Gasteiger partial charge in [0.1, 0.15) is 23.9 Å². The molecule has 2 aromatic rings. The van der Waals surface area contributed by atoms with Crippen molar-refractivity contribution in [3.63, 3.8) is 0 Å². The average molecular weight is 287 g/mol. The van der Waals surface area contributed by atoms with Crippen molar-refractivity contribution in [3.05, 3.63) is 53.5 Å². The minimum absolute atomic E-state index is 0.312. The van der Waals surface area contributed by atoms with Gasteiger partial charge in [-0.15, -0.1) is 0 Å². The van der Waals surface area contributed by atoms with E-state index in [1.54, 1.807) is 19.2 Å². The Labute approximate surface area is 124 Å². The van der Waals surface area contributed by atoms with E-state index in [0.29, 0.717) is 18.4 Å². The van der Waals surface area contributed by atoms with Gasteiger partial charge in [-0.25, -0.2) is 0 Å². The molecule has 1 aliphatic rings. The second-order valence-electron chi connectivity index (χ2n) is 5.53. The van der Waals surface area contributed by atoms with Crippen LogP contribution >= 0.6 is 0 Å². The number of hydrogen-bond donors (Lipinski definition) is 1. The Morgan fingerprint density at radius 1 is 1.24 bits per heavy atom. The Balaban J connectivity index is 1.70. The molecule has 0 spiro atoms. The van der Waals surface area contributed by atoms with E-state index >= 15 is 0 Å². The first-order valence-corrected chi connectivity index (χ1v) is 7.36. The minimum atomic E-state index is 0.312. The number of ether oxygens (including phenoxy) is 1. The van der Waals surface area contributed by atoms with Crippen LogP contribution in [0.2, 0.25) is 0 Å². The summed E-state index contributed by atoms with van der Waals surface area (Å²) in [6, 6.07) is 11.8. The molecule has 3 rings (SSSR count). The molecule has 0 bridgehead atoms. The smallest absolute Gasteiger partial charge is 0.129 e. The van der Waals surface area contributed by atoms with Crippen LogP contribution in [0.1, 0.15) is 36.0 Å². The van der Waals surface area contributed by atoms with Crippen molar-refractivity contribution >= 4 is 0 Å². The zero-order valence-electron chi connectivity index (χ0n) is 12.3. The standard InChI is InChI=1S/C17H21NO3/c1-20-12-15-8-9-17(21-15)16-3-2-10-18(16)11-13-4-6-14(19)7-5-13/h4-9,16,19H,2-3,10-12H2,1H3/t16-/m0/s1. The molecule has 1 fully saturated rings. The predicted molar refractivity (Wildman–Crippen MR) is 79.9 cm³/mol. The van der Waals surface area contributed by atoms with E-state index in [1.807, 2.05) is 18.2 Å².